The third-order valence-electron chi connectivity index (χ3n) is 13.3. The van der Waals surface area contributed by atoms with Crippen molar-refractivity contribution in [1.29, 1.82) is 0 Å². The second kappa shape index (κ2) is 14.6. The van der Waals surface area contributed by atoms with Gasteiger partial charge < -0.3 is 0 Å². The largest absolute Gasteiger partial charge is 0.228 e. The zero-order valence-electron chi connectivity index (χ0n) is 35.2. The zero-order valence-corrected chi connectivity index (χ0v) is 35.2. The van der Waals surface area contributed by atoms with Gasteiger partial charge in [0.05, 0.1) is 11.4 Å². The number of aromatic nitrogens is 2. The number of nitrogens with zero attached hydrogens (tertiary/aromatic N) is 2. The first kappa shape index (κ1) is 36.9. The van der Waals surface area contributed by atoms with Crippen LogP contribution in [0.25, 0.3) is 111 Å². The topological polar surface area (TPSA) is 25.8 Å². The molecule has 2 nitrogen and oxygen atoms in total. The van der Waals surface area contributed by atoms with Crippen LogP contribution in [0.3, 0.4) is 0 Å². The molecule has 1 aromatic heterocycles. The van der Waals surface area contributed by atoms with Gasteiger partial charge in [-0.05, 0) is 106 Å². The third-order valence-corrected chi connectivity index (χ3v) is 13.3. The maximum atomic E-state index is 5.31. The Labute approximate surface area is 367 Å². The molecule has 11 aromatic rings. The Balaban J connectivity index is 0.992. The summed E-state index contributed by atoms with van der Waals surface area (Å²) in [5, 5.41) is 7.27. The van der Waals surface area contributed by atoms with E-state index in [-0.39, 0.29) is 5.41 Å². The second-order valence-electron chi connectivity index (χ2n) is 17.3. The maximum absolute atomic E-state index is 5.31. The minimum Gasteiger partial charge on any atom is -0.228 e. The molecular weight excluding hydrogens is 761 g/mol. The summed E-state index contributed by atoms with van der Waals surface area (Å²) in [5.74, 6) is 0.701. The highest BCUT2D eigenvalue weighted by molar-refractivity contribution is 6.12. The Bertz CT molecular complexity index is 3590. The summed E-state index contributed by atoms with van der Waals surface area (Å²) in [7, 11) is 0. The normalized spacial score (nSPS) is 12.7. The smallest absolute Gasteiger partial charge is 0.160 e. The lowest BCUT2D eigenvalue weighted by Crippen LogP contribution is -2.14. The fraction of sp³-hybridized carbons (Fsp3) is 0.0492. The van der Waals surface area contributed by atoms with E-state index in [1.54, 1.807) is 0 Å². The molecule has 0 spiro atoms. The number of benzene rings is 10. The van der Waals surface area contributed by atoms with Gasteiger partial charge in [0.1, 0.15) is 0 Å². The maximum Gasteiger partial charge on any atom is 0.160 e. The lowest BCUT2D eigenvalue weighted by molar-refractivity contribution is 0.660. The number of fused-ring (bicyclic) bond motifs is 6. The summed E-state index contributed by atoms with van der Waals surface area (Å²) in [4.78, 5) is 10.5. The molecule has 10 aromatic carbocycles. The predicted molar refractivity (Wildman–Crippen MR) is 265 cm³/mol. The summed E-state index contributed by atoms with van der Waals surface area (Å²) in [6.07, 6.45) is 0. The van der Waals surface area contributed by atoms with Crippen LogP contribution in [-0.2, 0) is 5.41 Å². The molecular formula is C61H42N2. The van der Waals surface area contributed by atoms with Crippen LogP contribution < -0.4 is 0 Å². The Kier molecular flexibility index (Phi) is 8.55. The minimum atomic E-state index is -0.0246. The van der Waals surface area contributed by atoms with Crippen LogP contribution in [0.5, 0.6) is 0 Å². The van der Waals surface area contributed by atoms with E-state index in [9.17, 15) is 0 Å². The second-order valence-corrected chi connectivity index (χ2v) is 17.3. The molecule has 0 bridgehead atoms. The average molecular weight is 803 g/mol. The van der Waals surface area contributed by atoms with Gasteiger partial charge in [-0.25, -0.2) is 9.97 Å². The molecule has 1 aliphatic rings. The summed E-state index contributed by atoms with van der Waals surface area (Å²) in [6, 6.07) is 79.2. The highest BCUT2D eigenvalue weighted by Gasteiger charge is 2.35. The molecule has 0 saturated heterocycles. The van der Waals surface area contributed by atoms with E-state index >= 15 is 0 Å². The van der Waals surface area contributed by atoms with Crippen molar-refractivity contribution in [3.8, 4) is 78.4 Å². The van der Waals surface area contributed by atoms with Crippen molar-refractivity contribution in [2.75, 3.05) is 0 Å². The van der Waals surface area contributed by atoms with E-state index in [1.165, 1.54) is 77.0 Å². The molecule has 2 heteroatoms. The average Bonchev–Trinajstić information content (AvgIpc) is 3.58. The van der Waals surface area contributed by atoms with Gasteiger partial charge in [-0.15, -0.1) is 0 Å². The Hall–Kier alpha value is -7.94. The SMILES string of the molecule is CC1(C)c2ccccc2-c2cc(-c3ccc(-c4ccc(-c5cc(-c6cccc(-c7cccc8ccccc78)c6)nc(-c6ccccc6)n5)c5ccccc45)c4ccccc34)ccc21. The van der Waals surface area contributed by atoms with Crippen LogP contribution in [0.15, 0.2) is 218 Å². The van der Waals surface area contributed by atoms with Crippen molar-refractivity contribution in [1.82, 2.24) is 9.97 Å². The molecule has 1 aliphatic carbocycles. The van der Waals surface area contributed by atoms with E-state index in [0.29, 0.717) is 5.82 Å². The molecule has 0 aliphatic heterocycles. The molecule has 0 saturated carbocycles. The van der Waals surface area contributed by atoms with E-state index in [1.807, 2.05) is 6.07 Å². The molecule has 0 atom stereocenters. The van der Waals surface area contributed by atoms with Gasteiger partial charge in [-0.1, -0.05) is 214 Å². The molecule has 296 valence electrons. The first-order valence-corrected chi connectivity index (χ1v) is 21.8. The lowest BCUT2D eigenvalue weighted by atomic mass is 9.82. The molecule has 1 heterocycles. The van der Waals surface area contributed by atoms with Gasteiger partial charge in [-0.3, -0.25) is 0 Å². The van der Waals surface area contributed by atoms with Crippen LogP contribution in [0, 0.1) is 0 Å². The van der Waals surface area contributed by atoms with Crippen LogP contribution in [-0.4, -0.2) is 9.97 Å². The van der Waals surface area contributed by atoms with E-state index in [2.05, 4.69) is 226 Å². The van der Waals surface area contributed by atoms with Crippen molar-refractivity contribution < 1.29 is 0 Å². The Morgan fingerprint density at radius 3 is 1.56 bits per heavy atom. The van der Waals surface area contributed by atoms with Crippen molar-refractivity contribution in [2.45, 2.75) is 19.3 Å². The van der Waals surface area contributed by atoms with Gasteiger partial charge >= 0.3 is 0 Å². The van der Waals surface area contributed by atoms with Crippen LogP contribution >= 0.6 is 0 Å². The van der Waals surface area contributed by atoms with E-state index < -0.39 is 0 Å². The molecule has 0 N–H and O–H groups in total. The number of hydrogen-bond acceptors (Lipinski definition) is 2. The first-order chi connectivity index (χ1) is 31.0. The van der Waals surface area contributed by atoms with Gasteiger partial charge in [0.25, 0.3) is 0 Å². The molecule has 0 unspecified atom stereocenters. The van der Waals surface area contributed by atoms with Crippen molar-refractivity contribution in [2.24, 2.45) is 0 Å². The summed E-state index contributed by atoms with van der Waals surface area (Å²) in [6.45, 7) is 4.68. The van der Waals surface area contributed by atoms with Crippen molar-refractivity contribution >= 4 is 32.3 Å². The monoisotopic (exact) mass is 802 g/mol. The first-order valence-electron chi connectivity index (χ1n) is 21.8. The molecule has 63 heavy (non-hydrogen) atoms. The van der Waals surface area contributed by atoms with Crippen LogP contribution in [0.4, 0.5) is 0 Å². The Morgan fingerprint density at radius 1 is 0.286 bits per heavy atom. The fourth-order valence-electron chi connectivity index (χ4n) is 10.2. The molecule has 0 fully saturated rings. The van der Waals surface area contributed by atoms with E-state index in [4.69, 9.17) is 9.97 Å². The minimum absolute atomic E-state index is 0.0246. The highest BCUT2D eigenvalue weighted by Crippen LogP contribution is 2.50. The lowest BCUT2D eigenvalue weighted by Gasteiger charge is -2.21. The zero-order chi connectivity index (χ0) is 42.1. The summed E-state index contributed by atoms with van der Waals surface area (Å²) >= 11 is 0. The van der Waals surface area contributed by atoms with Crippen LogP contribution in [0.1, 0.15) is 25.0 Å². The molecule has 12 rings (SSSR count). The number of hydrogen-bond donors (Lipinski definition) is 0. The van der Waals surface area contributed by atoms with Gasteiger partial charge in [0.15, 0.2) is 5.82 Å². The number of rotatable bonds is 6. The van der Waals surface area contributed by atoms with Crippen LogP contribution in [0.2, 0.25) is 0 Å². The van der Waals surface area contributed by atoms with E-state index in [0.717, 1.165) is 39.0 Å². The Morgan fingerprint density at radius 2 is 0.778 bits per heavy atom. The molecule has 0 radical (unpaired) electrons. The highest BCUT2D eigenvalue weighted by atomic mass is 14.9. The third kappa shape index (κ3) is 6.09. The van der Waals surface area contributed by atoms with Gasteiger partial charge in [0, 0.05) is 22.1 Å². The van der Waals surface area contributed by atoms with Crippen molar-refractivity contribution in [3.05, 3.63) is 230 Å². The molecule has 0 amide bonds. The quantitative estimate of drug-likeness (QED) is 0.167. The van der Waals surface area contributed by atoms with Crippen molar-refractivity contribution in [3.63, 3.8) is 0 Å². The predicted octanol–water partition coefficient (Wildman–Crippen LogP) is 16.2. The summed E-state index contributed by atoms with van der Waals surface area (Å²) < 4.78 is 0. The van der Waals surface area contributed by atoms with Gasteiger partial charge in [-0.2, -0.15) is 0 Å². The fourth-order valence-corrected chi connectivity index (χ4v) is 10.2. The summed E-state index contributed by atoms with van der Waals surface area (Å²) in [5.41, 5.74) is 17.6. The standard InChI is InChI=1S/C61H42N2/c1-61(2)56-29-13-12-27-53(56)55-37-42(30-35-57(55)61)46-31-32-51(48-24-9-8-23-47(46)48)52-33-34-54(50-26-11-10-25-49(50)52)59-38-58(62-60(63-59)40-17-4-3-5-18-40)43-21-14-20-41(36-43)45-28-15-19-39-16-6-7-22-44(39)45/h3-38H,1-2H3. The van der Waals surface area contributed by atoms with Gasteiger partial charge in [0.2, 0.25) is 0 Å².